The fourth-order valence-electron chi connectivity index (χ4n) is 6.65. The third-order valence-electron chi connectivity index (χ3n) is 8.45. The van der Waals surface area contributed by atoms with E-state index in [0.717, 1.165) is 55.5 Å². The summed E-state index contributed by atoms with van der Waals surface area (Å²) in [6.45, 7) is 0. The van der Waals surface area contributed by atoms with Crippen LogP contribution in [0.4, 0.5) is 0 Å². The summed E-state index contributed by atoms with van der Waals surface area (Å²) in [5, 5.41) is 8.25. The Morgan fingerprint density at radius 1 is 0.548 bits per heavy atom. The number of rotatable bonds is 3. The van der Waals surface area contributed by atoms with Crippen LogP contribution in [0.3, 0.4) is 0 Å². The second-order valence-corrected chi connectivity index (χ2v) is 10.8. The zero-order valence-electron chi connectivity index (χ0n) is 22.7. The maximum absolute atomic E-state index is 7.10. The number of pyridine rings is 1. The third-order valence-corrected chi connectivity index (χ3v) is 8.45. The lowest BCUT2D eigenvalue weighted by molar-refractivity contribution is 0.634. The maximum atomic E-state index is 7.10. The highest BCUT2D eigenvalue weighted by molar-refractivity contribution is 6.33. The first-order valence-electron chi connectivity index (χ1n) is 14.2. The maximum Gasteiger partial charge on any atom is 0.160 e. The van der Waals surface area contributed by atoms with Crippen molar-refractivity contribution in [2.75, 3.05) is 0 Å². The standard InChI is InChI=1S/C39H24N2O/c1-3-12-26(13-4-1)34-36-31-18-10-9-17-30(31)35-32-21-22-40-24-33(32)41(29-20-19-25-11-7-8-16-28(25)23-29)37(35)39(36)42-38(34)27-14-5-2-6-15-27/h1-24H. The summed E-state index contributed by atoms with van der Waals surface area (Å²) in [6.07, 6.45) is 3.86. The molecule has 0 unspecified atom stereocenters. The van der Waals surface area contributed by atoms with Gasteiger partial charge in [-0.05, 0) is 45.3 Å². The predicted molar refractivity (Wildman–Crippen MR) is 174 cm³/mol. The van der Waals surface area contributed by atoms with Crippen molar-refractivity contribution in [2.45, 2.75) is 0 Å². The SMILES string of the molecule is c1ccc(-c2oc3c(c2-c2ccccc2)c2ccccc2c2c4ccncc4n(-c4ccc5ccccc5c4)c32)cc1. The van der Waals surface area contributed by atoms with Gasteiger partial charge >= 0.3 is 0 Å². The van der Waals surface area contributed by atoms with Gasteiger partial charge in [-0.1, -0.05) is 115 Å². The van der Waals surface area contributed by atoms with Gasteiger partial charge in [-0.25, -0.2) is 0 Å². The van der Waals surface area contributed by atoms with Crippen LogP contribution in [0, 0.1) is 0 Å². The molecule has 0 N–H and O–H groups in total. The fraction of sp³-hybridized carbons (Fsp3) is 0. The highest BCUT2D eigenvalue weighted by atomic mass is 16.3. The van der Waals surface area contributed by atoms with E-state index in [4.69, 9.17) is 4.42 Å². The summed E-state index contributed by atoms with van der Waals surface area (Å²) in [7, 11) is 0. The van der Waals surface area contributed by atoms with E-state index in [0.29, 0.717) is 0 Å². The first kappa shape index (κ1) is 23.1. The molecule has 0 aliphatic heterocycles. The number of hydrogen-bond donors (Lipinski definition) is 0. The molecule has 0 fully saturated rings. The summed E-state index contributed by atoms with van der Waals surface area (Å²) in [6, 6.07) is 47.1. The molecule has 196 valence electrons. The Labute approximate surface area is 241 Å². The Kier molecular flexibility index (Phi) is 4.90. The lowest BCUT2D eigenvalue weighted by atomic mass is 9.93. The van der Waals surface area contributed by atoms with Gasteiger partial charge in [-0.15, -0.1) is 0 Å². The van der Waals surface area contributed by atoms with E-state index in [2.05, 4.69) is 137 Å². The van der Waals surface area contributed by atoms with Crippen molar-refractivity contribution < 1.29 is 4.42 Å². The van der Waals surface area contributed by atoms with Gasteiger partial charge < -0.3 is 8.98 Å². The predicted octanol–water partition coefficient (Wildman–Crippen LogP) is 10.6. The molecule has 0 atom stereocenters. The van der Waals surface area contributed by atoms with Gasteiger partial charge in [0.05, 0.1) is 17.2 Å². The van der Waals surface area contributed by atoms with Gasteiger partial charge in [-0.2, -0.15) is 0 Å². The Morgan fingerprint density at radius 2 is 1.21 bits per heavy atom. The zero-order valence-corrected chi connectivity index (χ0v) is 22.7. The second kappa shape index (κ2) is 8.92. The van der Waals surface area contributed by atoms with E-state index >= 15 is 0 Å². The molecular formula is C39H24N2O. The van der Waals surface area contributed by atoms with Gasteiger partial charge in [0.1, 0.15) is 5.76 Å². The van der Waals surface area contributed by atoms with E-state index in [-0.39, 0.29) is 0 Å². The Hall–Kier alpha value is -5.67. The highest BCUT2D eigenvalue weighted by Gasteiger charge is 2.26. The van der Waals surface area contributed by atoms with Gasteiger partial charge in [0.2, 0.25) is 0 Å². The minimum absolute atomic E-state index is 0.878. The first-order chi connectivity index (χ1) is 20.9. The van der Waals surface area contributed by atoms with Crippen molar-refractivity contribution in [2.24, 2.45) is 0 Å². The fourth-order valence-corrected chi connectivity index (χ4v) is 6.65. The van der Waals surface area contributed by atoms with Crippen LogP contribution in [0.25, 0.3) is 82.5 Å². The summed E-state index contributed by atoms with van der Waals surface area (Å²) in [5.41, 5.74) is 7.38. The lowest BCUT2D eigenvalue weighted by Gasteiger charge is -2.11. The summed E-state index contributed by atoms with van der Waals surface area (Å²) >= 11 is 0. The number of hydrogen-bond acceptors (Lipinski definition) is 2. The normalized spacial score (nSPS) is 11.8. The summed E-state index contributed by atoms with van der Waals surface area (Å²) in [4.78, 5) is 4.58. The molecule has 0 spiro atoms. The molecule has 42 heavy (non-hydrogen) atoms. The Balaban J connectivity index is 1.55. The topological polar surface area (TPSA) is 31.0 Å². The molecule has 3 heteroatoms. The van der Waals surface area contributed by atoms with Crippen LogP contribution in [0.2, 0.25) is 0 Å². The van der Waals surface area contributed by atoms with Gasteiger partial charge in [-0.3, -0.25) is 4.98 Å². The molecule has 0 aliphatic carbocycles. The van der Waals surface area contributed by atoms with E-state index in [1.807, 2.05) is 18.5 Å². The second-order valence-electron chi connectivity index (χ2n) is 10.8. The molecule has 0 saturated carbocycles. The van der Waals surface area contributed by atoms with Crippen molar-refractivity contribution in [1.82, 2.24) is 9.55 Å². The summed E-state index contributed by atoms with van der Waals surface area (Å²) in [5.74, 6) is 0.878. The molecule has 0 radical (unpaired) electrons. The number of benzene rings is 6. The van der Waals surface area contributed by atoms with Crippen molar-refractivity contribution in [1.29, 1.82) is 0 Å². The summed E-state index contributed by atoms with van der Waals surface area (Å²) < 4.78 is 9.44. The van der Waals surface area contributed by atoms with Crippen molar-refractivity contribution >= 4 is 54.3 Å². The Morgan fingerprint density at radius 3 is 2.00 bits per heavy atom. The number of aromatic nitrogens is 2. The number of furan rings is 1. The highest BCUT2D eigenvalue weighted by Crippen LogP contribution is 2.49. The average Bonchev–Trinajstić information content (AvgIpc) is 3.63. The molecular weight excluding hydrogens is 512 g/mol. The van der Waals surface area contributed by atoms with Crippen LogP contribution in [-0.4, -0.2) is 9.55 Å². The molecule has 9 rings (SSSR count). The zero-order chi connectivity index (χ0) is 27.6. The molecule has 6 aromatic carbocycles. The Bertz CT molecular complexity index is 2450. The average molecular weight is 537 g/mol. The first-order valence-corrected chi connectivity index (χ1v) is 14.2. The van der Waals surface area contributed by atoms with Gasteiger partial charge in [0.25, 0.3) is 0 Å². The lowest BCUT2D eigenvalue weighted by Crippen LogP contribution is -1.95. The molecule has 3 heterocycles. The van der Waals surface area contributed by atoms with Crippen LogP contribution in [-0.2, 0) is 0 Å². The molecule has 0 aliphatic rings. The van der Waals surface area contributed by atoms with Crippen LogP contribution in [0.5, 0.6) is 0 Å². The van der Waals surface area contributed by atoms with E-state index in [1.54, 1.807) is 0 Å². The van der Waals surface area contributed by atoms with Crippen LogP contribution < -0.4 is 0 Å². The molecule has 3 nitrogen and oxygen atoms in total. The molecule has 0 bridgehead atoms. The largest absolute Gasteiger partial charge is 0.453 e. The minimum atomic E-state index is 0.878. The molecule has 3 aromatic heterocycles. The minimum Gasteiger partial charge on any atom is -0.453 e. The van der Waals surface area contributed by atoms with Crippen LogP contribution in [0.15, 0.2) is 150 Å². The monoisotopic (exact) mass is 536 g/mol. The van der Waals surface area contributed by atoms with E-state index in [9.17, 15) is 0 Å². The molecule has 0 amide bonds. The van der Waals surface area contributed by atoms with Crippen molar-refractivity contribution in [3.63, 3.8) is 0 Å². The van der Waals surface area contributed by atoms with Crippen molar-refractivity contribution in [3.05, 3.63) is 146 Å². The van der Waals surface area contributed by atoms with E-state index < -0.39 is 0 Å². The third kappa shape index (κ3) is 3.25. The van der Waals surface area contributed by atoms with Gasteiger partial charge in [0, 0.05) is 39.2 Å². The van der Waals surface area contributed by atoms with Crippen LogP contribution >= 0.6 is 0 Å². The van der Waals surface area contributed by atoms with E-state index in [1.165, 1.54) is 26.9 Å². The number of nitrogens with zero attached hydrogens (tertiary/aromatic N) is 2. The van der Waals surface area contributed by atoms with Gasteiger partial charge in [0.15, 0.2) is 5.58 Å². The molecule has 9 aromatic rings. The van der Waals surface area contributed by atoms with Crippen molar-refractivity contribution in [3.8, 4) is 28.1 Å². The molecule has 0 saturated heterocycles. The van der Waals surface area contributed by atoms with Crippen LogP contribution in [0.1, 0.15) is 0 Å². The number of fused-ring (bicyclic) bond motifs is 9. The quantitative estimate of drug-likeness (QED) is 0.225. The smallest absolute Gasteiger partial charge is 0.160 e.